The maximum absolute atomic E-state index is 12.0. The maximum atomic E-state index is 12.0. The molecule has 0 bridgehead atoms. The Hall–Kier alpha value is -1.35. The highest BCUT2D eigenvalue weighted by Gasteiger charge is 2.34. The third-order valence-corrected chi connectivity index (χ3v) is 4.14. The summed E-state index contributed by atoms with van der Waals surface area (Å²) < 4.78 is 4.97. The van der Waals surface area contributed by atoms with Gasteiger partial charge in [0, 0.05) is 6.54 Å². The minimum absolute atomic E-state index is 0.0452. The molecule has 3 nitrogen and oxygen atoms in total. The van der Waals surface area contributed by atoms with Crippen LogP contribution in [0, 0.1) is 5.92 Å². The van der Waals surface area contributed by atoms with Crippen LogP contribution < -0.4 is 0 Å². The third-order valence-electron chi connectivity index (χ3n) is 4.14. The Morgan fingerprint density at radius 3 is 2.63 bits per heavy atom. The van der Waals surface area contributed by atoms with Crippen LogP contribution in [0.1, 0.15) is 30.4 Å². The molecule has 0 amide bonds. The molecule has 0 N–H and O–H groups in total. The van der Waals surface area contributed by atoms with Gasteiger partial charge in [-0.3, -0.25) is 4.79 Å². The molecule has 0 spiro atoms. The average Bonchev–Trinajstić information content (AvgIpc) is 2.46. The molecular weight excluding hydrogens is 238 g/mol. The van der Waals surface area contributed by atoms with Crippen LogP contribution in [-0.2, 0) is 16.0 Å². The molecule has 1 aromatic carbocycles. The fraction of sp³-hybridized carbons (Fsp3) is 0.562. The summed E-state index contributed by atoms with van der Waals surface area (Å²) in [5, 5.41) is 0. The van der Waals surface area contributed by atoms with E-state index in [0.29, 0.717) is 0 Å². The van der Waals surface area contributed by atoms with Gasteiger partial charge in [-0.05, 0) is 43.5 Å². The van der Waals surface area contributed by atoms with Crippen LogP contribution in [0.2, 0.25) is 0 Å². The van der Waals surface area contributed by atoms with Crippen molar-refractivity contribution >= 4 is 5.97 Å². The first-order valence-electron chi connectivity index (χ1n) is 7.01. The number of nitrogens with zero attached hydrogens (tertiary/aromatic N) is 1. The van der Waals surface area contributed by atoms with Crippen LogP contribution in [0.25, 0.3) is 0 Å². The van der Waals surface area contributed by atoms with Gasteiger partial charge >= 0.3 is 5.97 Å². The standard InChI is InChI=1S/C16H23NO2/c1-4-12-5-7-13(8-6-12)14-9-10-17(2)11-15(14)16(18)19-3/h5-8,14-15H,4,9-11H2,1-3H3. The van der Waals surface area contributed by atoms with E-state index in [0.717, 1.165) is 25.9 Å². The SMILES string of the molecule is CCc1ccc(C2CCN(C)CC2C(=O)OC)cc1. The van der Waals surface area contributed by atoms with Crippen molar-refractivity contribution in [3.8, 4) is 0 Å². The lowest BCUT2D eigenvalue weighted by Gasteiger charge is -2.35. The predicted octanol–water partition coefficient (Wildman–Crippen LogP) is 2.46. The molecule has 1 aliphatic rings. The number of hydrogen-bond donors (Lipinski definition) is 0. The summed E-state index contributed by atoms with van der Waals surface area (Å²) in [6.45, 7) is 3.97. The normalized spacial score (nSPS) is 24.2. The first-order chi connectivity index (χ1) is 9.15. The van der Waals surface area contributed by atoms with E-state index in [-0.39, 0.29) is 17.8 Å². The van der Waals surface area contributed by atoms with Gasteiger partial charge in [-0.2, -0.15) is 0 Å². The second kappa shape index (κ2) is 6.20. The monoisotopic (exact) mass is 261 g/mol. The third kappa shape index (κ3) is 3.16. The number of likely N-dealkylation sites (tertiary alicyclic amines) is 1. The summed E-state index contributed by atoms with van der Waals surface area (Å²) in [5.41, 5.74) is 2.60. The summed E-state index contributed by atoms with van der Waals surface area (Å²) >= 11 is 0. The number of methoxy groups -OCH3 is 1. The highest BCUT2D eigenvalue weighted by molar-refractivity contribution is 5.74. The minimum atomic E-state index is -0.0869. The van der Waals surface area contributed by atoms with Crippen molar-refractivity contribution in [3.05, 3.63) is 35.4 Å². The van der Waals surface area contributed by atoms with Gasteiger partial charge in [-0.15, -0.1) is 0 Å². The van der Waals surface area contributed by atoms with Gasteiger partial charge in [-0.25, -0.2) is 0 Å². The Balaban J connectivity index is 2.21. The van der Waals surface area contributed by atoms with E-state index in [1.807, 2.05) is 0 Å². The van der Waals surface area contributed by atoms with Crippen LogP contribution in [0.5, 0.6) is 0 Å². The highest BCUT2D eigenvalue weighted by atomic mass is 16.5. The lowest BCUT2D eigenvalue weighted by Crippen LogP contribution is -2.41. The van der Waals surface area contributed by atoms with Crippen LogP contribution in [0.15, 0.2) is 24.3 Å². The van der Waals surface area contributed by atoms with Gasteiger partial charge in [0.1, 0.15) is 0 Å². The van der Waals surface area contributed by atoms with Crippen molar-refractivity contribution in [2.45, 2.75) is 25.7 Å². The molecule has 0 aliphatic carbocycles. The quantitative estimate of drug-likeness (QED) is 0.783. The van der Waals surface area contributed by atoms with E-state index in [1.165, 1.54) is 18.2 Å². The molecule has 104 valence electrons. The lowest BCUT2D eigenvalue weighted by molar-refractivity contribution is -0.148. The fourth-order valence-electron chi connectivity index (χ4n) is 2.90. The summed E-state index contributed by atoms with van der Waals surface area (Å²) in [6.07, 6.45) is 2.07. The molecule has 0 radical (unpaired) electrons. The highest BCUT2D eigenvalue weighted by Crippen LogP contribution is 2.33. The molecular formula is C16H23NO2. The second-order valence-electron chi connectivity index (χ2n) is 5.38. The Labute approximate surface area is 115 Å². The van der Waals surface area contributed by atoms with Crippen molar-refractivity contribution in [1.82, 2.24) is 4.90 Å². The summed E-state index contributed by atoms with van der Waals surface area (Å²) in [6, 6.07) is 8.68. The van der Waals surface area contributed by atoms with Gasteiger partial charge in [0.15, 0.2) is 0 Å². The topological polar surface area (TPSA) is 29.5 Å². The number of carbonyl (C=O) groups is 1. The lowest BCUT2D eigenvalue weighted by atomic mass is 9.80. The molecule has 0 saturated carbocycles. The Bertz CT molecular complexity index is 427. The fourth-order valence-corrected chi connectivity index (χ4v) is 2.90. The van der Waals surface area contributed by atoms with Crippen LogP contribution >= 0.6 is 0 Å². The van der Waals surface area contributed by atoms with Crippen molar-refractivity contribution in [1.29, 1.82) is 0 Å². The van der Waals surface area contributed by atoms with E-state index in [9.17, 15) is 4.79 Å². The number of aryl methyl sites for hydroxylation is 1. The van der Waals surface area contributed by atoms with Crippen molar-refractivity contribution in [2.75, 3.05) is 27.2 Å². The number of ether oxygens (including phenoxy) is 1. The van der Waals surface area contributed by atoms with E-state index in [1.54, 1.807) is 0 Å². The van der Waals surface area contributed by atoms with Crippen LogP contribution in [0.4, 0.5) is 0 Å². The maximum Gasteiger partial charge on any atom is 0.310 e. The van der Waals surface area contributed by atoms with Gasteiger partial charge in [-0.1, -0.05) is 31.2 Å². The van der Waals surface area contributed by atoms with Gasteiger partial charge < -0.3 is 9.64 Å². The van der Waals surface area contributed by atoms with Crippen LogP contribution in [0.3, 0.4) is 0 Å². The predicted molar refractivity (Wildman–Crippen MR) is 76.2 cm³/mol. The molecule has 1 fully saturated rings. The Morgan fingerprint density at radius 1 is 1.37 bits per heavy atom. The van der Waals surface area contributed by atoms with Crippen molar-refractivity contribution in [3.63, 3.8) is 0 Å². The van der Waals surface area contributed by atoms with Gasteiger partial charge in [0.25, 0.3) is 0 Å². The molecule has 1 saturated heterocycles. The van der Waals surface area contributed by atoms with E-state index in [2.05, 4.69) is 43.1 Å². The molecule has 1 heterocycles. The number of hydrogen-bond acceptors (Lipinski definition) is 3. The number of piperidine rings is 1. The molecule has 1 aromatic rings. The number of benzene rings is 1. The Kier molecular flexibility index (Phi) is 4.59. The van der Waals surface area contributed by atoms with E-state index < -0.39 is 0 Å². The molecule has 19 heavy (non-hydrogen) atoms. The molecule has 1 aliphatic heterocycles. The van der Waals surface area contributed by atoms with Crippen LogP contribution in [-0.4, -0.2) is 38.1 Å². The number of carbonyl (C=O) groups excluding carboxylic acids is 1. The second-order valence-corrected chi connectivity index (χ2v) is 5.38. The summed E-state index contributed by atoms with van der Waals surface area (Å²) in [7, 11) is 3.54. The zero-order chi connectivity index (χ0) is 13.8. The molecule has 3 heteroatoms. The Morgan fingerprint density at radius 2 is 2.05 bits per heavy atom. The molecule has 0 aromatic heterocycles. The first kappa shape index (κ1) is 14.1. The van der Waals surface area contributed by atoms with E-state index >= 15 is 0 Å². The molecule has 2 rings (SSSR count). The van der Waals surface area contributed by atoms with E-state index in [4.69, 9.17) is 4.74 Å². The smallest absolute Gasteiger partial charge is 0.310 e. The number of rotatable bonds is 3. The zero-order valence-corrected chi connectivity index (χ0v) is 12.1. The van der Waals surface area contributed by atoms with Gasteiger partial charge in [0.05, 0.1) is 13.0 Å². The zero-order valence-electron chi connectivity index (χ0n) is 12.1. The summed E-state index contributed by atoms with van der Waals surface area (Å²) in [5.74, 6) is 0.155. The summed E-state index contributed by atoms with van der Waals surface area (Å²) in [4.78, 5) is 14.2. The largest absolute Gasteiger partial charge is 0.469 e. The average molecular weight is 261 g/mol. The molecule has 2 atom stereocenters. The first-order valence-corrected chi connectivity index (χ1v) is 7.01. The van der Waals surface area contributed by atoms with Crippen molar-refractivity contribution < 1.29 is 9.53 Å². The van der Waals surface area contributed by atoms with Crippen molar-refractivity contribution in [2.24, 2.45) is 5.92 Å². The molecule has 2 unspecified atom stereocenters. The number of esters is 1. The van der Waals surface area contributed by atoms with Gasteiger partial charge in [0.2, 0.25) is 0 Å². The minimum Gasteiger partial charge on any atom is -0.469 e.